The molecule has 1 saturated carbocycles. The largest absolute Gasteiger partial charge is 0.460 e. The summed E-state index contributed by atoms with van der Waals surface area (Å²) in [6.45, 7) is 1.72. The van der Waals surface area contributed by atoms with Gasteiger partial charge in [-0.2, -0.15) is 0 Å². The smallest absolute Gasteiger partial charge is 0.302 e. The Kier molecular flexibility index (Phi) is 5.00. The summed E-state index contributed by atoms with van der Waals surface area (Å²) in [4.78, 5) is 24.2. The Labute approximate surface area is 160 Å². The van der Waals surface area contributed by atoms with Gasteiger partial charge in [0.25, 0.3) is 0 Å². The number of rotatable bonds is 5. The van der Waals surface area contributed by atoms with Crippen LogP contribution < -0.4 is 5.73 Å². The number of ether oxygens (including phenoxy) is 2. The Hall–Kier alpha value is -2.58. The minimum absolute atomic E-state index is 0.0867. The van der Waals surface area contributed by atoms with Crippen LogP contribution in [0.15, 0.2) is 30.6 Å². The van der Waals surface area contributed by atoms with E-state index in [1.165, 1.54) is 18.3 Å². The quantitative estimate of drug-likeness (QED) is 0.673. The van der Waals surface area contributed by atoms with Crippen LogP contribution in [0.1, 0.15) is 32.0 Å². The molecule has 8 heteroatoms. The highest BCUT2D eigenvalue weighted by Gasteiger charge is 2.30. The molecule has 7 nitrogen and oxygen atoms in total. The average molecular weight is 384 g/mol. The van der Waals surface area contributed by atoms with Gasteiger partial charge in [-0.25, -0.2) is 15.0 Å². The summed E-state index contributed by atoms with van der Waals surface area (Å²) in [6, 6.07) is 5.98. The van der Waals surface area contributed by atoms with Crippen molar-refractivity contribution in [2.75, 3.05) is 5.73 Å². The van der Waals surface area contributed by atoms with Crippen molar-refractivity contribution >= 4 is 32.7 Å². The molecule has 0 bridgehead atoms. The van der Waals surface area contributed by atoms with E-state index in [2.05, 4.69) is 15.0 Å². The molecule has 0 amide bonds. The Morgan fingerprint density at radius 3 is 2.78 bits per heavy atom. The fourth-order valence-electron chi connectivity index (χ4n) is 3.31. The first-order chi connectivity index (χ1) is 13.1. The number of hydrogen-bond acceptors (Lipinski definition) is 8. The summed E-state index contributed by atoms with van der Waals surface area (Å²) in [5.41, 5.74) is 8.60. The number of nitrogen functional groups attached to an aromatic ring is 1. The third-order valence-corrected chi connectivity index (χ3v) is 5.43. The lowest BCUT2D eigenvalue weighted by Gasteiger charge is -2.19. The number of benzene rings is 1. The molecule has 4 rings (SSSR count). The number of thiazole rings is 1. The zero-order chi connectivity index (χ0) is 18.8. The zero-order valence-corrected chi connectivity index (χ0v) is 15.7. The molecule has 1 aliphatic rings. The van der Waals surface area contributed by atoms with Crippen molar-refractivity contribution < 1.29 is 14.3 Å². The molecule has 2 aromatic heterocycles. The van der Waals surface area contributed by atoms with Crippen LogP contribution in [0, 0.1) is 0 Å². The summed E-state index contributed by atoms with van der Waals surface area (Å²) in [5, 5.41) is 0.560. The van der Waals surface area contributed by atoms with E-state index >= 15 is 0 Å². The molecule has 1 fully saturated rings. The maximum Gasteiger partial charge on any atom is 0.302 e. The highest BCUT2D eigenvalue weighted by Crippen LogP contribution is 2.29. The van der Waals surface area contributed by atoms with Gasteiger partial charge in [-0.3, -0.25) is 4.79 Å². The van der Waals surface area contributed by atoms with Crippen LogP contribution in [0.2, 0.25) is 0 Å². The van der Waals surface area contributed by atoms with Crippen molar-refractivity contribution in [2.45, 2.75) is 45.0 Å². The number of nitrogens with zero attached hydrogens (tertiary/aromatic N) is 3. The van der Waals surface area contributed by atoms with Crippen molar-refractivity contribution in [3.8, 4) is 11.1 Å². The Balaban J connectivity index is 1.41. The van der Waals surface area contributed by atoms with Crippen LogP contribution >= 0.6 is 11.3 Å². The standard InChI is InChI=1S/C19H20N4O3S/c1-11(24)26-16-4-2-3-15(16)25-10-18-21-8-13(9-22-18)12-5-6-14-17(7-12)27-19(20)23-14/h5-9,15-16H,2-4,10H2,1H3,(H2,20,23). The first kappa shape index (κ1) is 17.8. The number of fused-ring (bicyclic) bond motifs is 1. The Morgan fingerprint density at radius 2 is 2.00 bits per heavy atom. The maximum absolute atomic E-state index is 11.2. The number of anilines is 1. The van der Waals surface area contributed by atoms with Crippen LogP contribution in [0.5, 0.6) is 0 Å². The lowest BCUT2D eigenvalue weighted by atomic mass is 10.1. The van der Waals surface area contributed by atoms with Gasteiger partial charge in [-0.15, -0.1) is 0 Å². The van der Waals surface area contributed by atoms with Crippen LogP contribution in [0.25, 0.3) is 21.3 Å². The van der Waals surface area contributed by atoms with Crippen molar-refractivity contribution in [3.63, 3.8) is 0 Å². The molecular formula is C19H20N4O3S. The molecule has 2 heterocycles. The Bertz CT molecular complexity index is 957. The molecule has 3 aromatic rings. The number of hydrogen-bond donors (Lipinski definition) is 1. The van der Waals surface area contributed by atoms with Gasteiger partial charge in [0.05, 0.1) is 16.3 Å². The first-order valence-corrected chi connectivity index (χ1v) is 9.66. The average Bonchev–Trinajstić information content (AvgIpc) is 3.24. The highest BCUT2D eigenvalue weighted by atomic mass is 32.1. The van der Waals surface area contributed by atoms with Crippen molar-refractivity contribution in [1.82, 2.24) is 15.0 Å². The maximum atomic E-state index is 11.2. The van der Waals surface area contributed by atoms with E-state index in [-0.39, 0.29) is 18.2 Å². The molecule has 2 atom stereocenters. The molecule has 27 heavy (non-hydrogen) atoms. The fraction of sp³-hybridized carbons (Fsp3) is 0.368. The molecule has 0 aliphatic heterocycles. The SMILES string of the molecule is CC(=O)OC1CCCC1OCc1ncc(-c2ccc3nc(N)sc3c2)cn1. The van der Waals surface area contributed by atoms with E-state index in [1.54, 1.807) is 12.4 Å². The lowest BCUT2D eigenvalue weighted by molar-refractivity contribution is -0.153. The van der Waals surface area contributed by atoms with Crippen molar-refractivity contribution in [1.29, 1.82) is 0 Å². The molecule has 1 aliphatic carbocycles. The van der Waals surface area contributed by atoms with E-state index < -0.39 is 0 Å². The molecular weight excluding hydrogens is 364 g/mol. The van der Waals surface area contributed by atoms with E-state index in [1.807, 2.05) is 18.2 Å². The summed E-state index contributed by atoms with van der Waals surface area (Å²) in [6.07, 6.45) is 6.04. The second-order valence-electron chi connectivity index (χ2n) is 6.55. The molecule has 0 radical (unpaired) electrons. The summed E-state index contributed by atoms with van der Waals surface area (Å²) in [5.74, 6) is 0.339. The fourth-order valence-corrected chi connectivity index (χ4v) is 4.09. The van der Waals surface area contributed by atoms with E-state index in [0.717, 1.165) is 40.6 Å². The topological polar surface area (TPSA) is 100 Å². The number of nitrogens with two attached hydrogens (primary N) is 1. The van der Waals surface area contributed by atoms with Gasteiger partial charge in [0.2, 0.25) is 0 Å². The number of aromatic nitrogens is 3. The van der Waals surface area contributed by atoms with Crippen LogP contribution in [0.4, 0.5) is 5.13 Å². The molecule has 0 saturated heterocycles. The van der Waals surface area contributed by atoms with Crippen molar-refractivity contribution in [2.24, 2.45) is 0 Å². The van der Waals surface area contributed by atoms with Gasteiger partial charge in [-0.1, -0.05) is 17.4 Å². The van der Waals surface area contributed by atoms with E-state index in [4.69, 9.17) is 15.2 Å². The summed E-state index contributed by atoms with van der Waals surface area (Å²) >= 11 is 1.46. The van der Waals surface area contributed by atoms with Gasteiger partial charge in [0.15, 0.2) is 11.0 Å². The van der Waals surface area contributed by atoms with Crippen molar-refractivity contribution in [3.05, 3.63) is 36.4 Å². The molecule has 2 unspecified atom stereocenters. The third kappa shape index (κ3) is 4.06. The van der Waals surface area contributed by atoms with Crippen LogP contribution in [0.3, 0.4) is 0 Å². The number of carbonyl (C=O) groups is 1. The molecule has 2 N–H and O–H groups in total. The second-order valence-corrected chi connectivity index (χ2v) is 7.61. The normalized spacial score (nSPS) is 19.4. The lowest BCUT2D eigenvalue weighted by Crippen LogP contribution is -2.28. The monoisotopic (exact) mass is 384 g/mol. The predicted octanol–water partition coefficient (Wildman–Crippen LogP) is 3.34. The molecule has 1 aromatic carbocycles. The third-order valence-electron chi connectivity index (χ3n) is 4.58. The van der Waals surface area contributed by atoms with Gasteiger partial charge in [-0.05, 0) is 37.0 Å². The van der Waals surface area contributed by atoms with Gasteiger partial charge < -0.3 is 15.2 Å². The van der Waals surface area contributed by atoms with Crippen LogP contribution in [-0.4, -0.2) is 33.1 Å². The van der Waals surface area contributed by atoms with Crippen LogP contribution in [-0.2, 0) is 20.9 Å². The summed E-state index contributed by atoms with van der Waals surface area (Å²) < 4.78 is 12.2. The molecule has 0 spiro atoms. The van der Waals surface area contributed by atoms with Gasteiger partial charge in [0, 0.05) is 24.9 Å². The minimum Gasteiger partial charge on any atom is -0.460 e. The van der Waals surface area contributed by atoms with Gasteiger partial charge >= 0.3 is 5.97 Å². The first-order valence-electron chi connectivity index (χ1n) is 8.84. The predicted molar refractivity (Wildman–Crippen MR) is 103 cm³/mol. The highest BCUT2D eigenvalue weighted by molar-refractivity contribution is 7.22. The number of carbonyl (C=O) groups excluding carboxylic acids is 1. The number of esters is 1. The van der Waals surface area contributed by atoms with E-state index in [9.17, 15) is 4.79 Å². The van der Waals surface area contributed by atoms with E-state index in [0.29, 0.717) is 17.6 Å². The molecule has 140 valence electrons. The minimum atomic E-state index is -0.268. The zero-order valence-electron chi connectivity index (χ0n) is 14.9. The summed E-state index contributed by atoms with van der Waals surface area (Å²) in [7, 11) is 0. The Morgan fingerprint density at radius 1 is 1.22 bits per heavy atom. The second kappa shape index (κ2) is 7.58. The van der Waals surface area contributed by atoms with Gasteiger partial charge in [0.1, 0.15) is 12.7 Å².